The number of rotatable bonds is 4. The molecule has 4 atom stereocenters. The lowest BCUT2D eigenvalue weighted by Gasteiger charge is -2.22. The average Bonchev–Trinajstić information content (AvgIpc) is 2.71. The third-order valence-corrected chi connectivity index (χ3v) is 3.12. The molecule has 4 heteroatoms. The van der Waals surface area contributed by atoms with E-state index in [0.717, 1.165) is 6.42 Å². The van der Waals surface area contributed by atoms with E-state index in [-0.39, 0.29) is 18.5 Å². The maximum atomic E-state index is 9.97. The summed E-state index contributed by atoms with van der Waals surface area (Å²) in [4.78, 5) is 0. The molecule has 2 aliphatic heterocycles. The number of aliphatic hydroxyl groups excluding tert-OH is 1. The van der Waals surface area contributed by atoms with Crippen LogP contribution in [0.4, 0.5) is 0 Å². The van der Waals surface area contributed by atoms with Gasteiger partial charge in [0, 0.05) is 6.42 Å². The molecule has 0 spiro atoms. The molecule has 2 fully saturated rings. The summed E-state index contributed by atoms with van der Waals surface area (Å²) in [7, 11) is 0. The smallest absolute Gasteiger partial charge is 0.187 e. The van der Waals surface area contributed by atoms with E-state index in [9.17, 15) is 5.11 Å². The highest BCUT2D eigenvalue weighted by Crippen LogP contribution is 2.38. The molecule has 2 heterocycles. The fraction of sp³-hybridized carbons (Fsp3) is 0.846. The second-order valence-corrected chi connectivity index (χ2v) is 5.14. The normalized spacial score (nSPS) is 37.5. The Morgan fingerprint density at radius 3 is 2.76 bits per heavy atom. The van der Waals surface area contributed by atoms with Gasteiger partial charge in [-0.2, -0.15) is 0 Å². The van der Waals surface area contributed by atoms with Gasteiger partial charge in [-0.25, -0.2) is 0 Å². The zero-order valence-electron chi connectivity index (χ0n) is 10.8. The molecule has 0 radical (unpaired) electrons. The molecule has 0 amide bonds. The minimum absolute atomic E-state index is 0.0418. The molecule has 1 N–H and O–H groups in total. The first-order chi connectivity index (χ1) is 8.02. The summed E-state index contributed by atoms with van der Waals surface area (Å²) >= 11 is 0. The van der Waals surface area contributed by atoms with Gasteiger partial charge >= 0.3 is 0 Å². The number of allylic oxidation sites excluding steroid dienone is 1. The molecule has 2 rings (SSSR count). The standard InChI is InChI=1S/C13H22O4/c1-4-5-6-7-9(14)10-8-11-12(15-10)17-13(2,3)16-11/h5-6,9-12,14H,4,7-8H2,1-3H3/b6-5+/t9-,10-,11+,12+/m0/s1. The topological polar surface area (TPSA) is 47.9 Å². The zero-order valence-corrected chi connectivity index (χ0v) is 10.8. The molecular weight excluding hydrogens is 220 g/mol. The highest BCUT2D eigenvalue weighted by Gasteiger charge is 2.49. The fourth-order valence-corrected chi connectivity index (χ4v) is 2.34. The average molecular weight is 242 g/mol. The van der Waals surface area contributed by atoms with Crippen LogP contribution in [0, 0.1) is 0 Å². The molecule has 0 aromatic heterocycles. The highest BCUT2D eigenvalue weighted by molar-refractivity contribution is 4.92. The molecule has 0 aromatic rings. The van der Waals surface area contributed by atoms with Crippen molar-refractivity contribution in [2.45, 2.75) is 70.4 Å². The van der Waals surface area contributed by atoms with Gasteiger partial charge in [0.05, 0.1) is 12.2 Å². The first kappa shape index (κ1) is 13.0. The van der Waals surface area contributed by atoms with Gasteiger partial charge < -0.3 is 19.3 Å². The maximum Gasteiger partial charge on any atom is 0.187 e. The molecule has 0 aromatic carbocycles. The van der Waals surface area contributed by atoms with Gasteiger partial charge in [0.25, 0.3) is 0 Å². The Bertz CT molecular complexity index is 271. The van der Waals surface area contributed by atoms with Crippen LogP contribution in [0.3, 0.4) is 0 Å². The van der Waals surface area contributed by atoms with Gasteiger partial charge in [0.1, 0.15) is 6.10 Å². The number of ether oxygens (including phenoxy) is 3. The van der Waals surface area contributed by atoms with Gasteiger partial charge in [-0.15, -0.1) is 0 Å². The van der Waals surface area contributed by atoms with Gasteiger partial charge in [0.2, 0.25) is 0 Å². The van der Waals surface area contributed by atoms with E-state index >= 15 is 0 Å². The molecular formula is C13H22O4. The van der Waals surface area contributed by atoms with Gasteiger partial charge in [-0.3, -0.25) is 0 Å². The molecule has 17 heavy (non-hydrogen) atoms. The van der Waals surface area contributed by atoms with Crippen molar-refractivity contribution in [1.82, 2.24) is 0 Å². The molecule has 98 valence electrons. The minimum atomic E-state index is -0.562. The maximum absolute atomic E-state index is 9.97. The third kappa shape index (κ3) is 3.07. The van der Waals surface area contributed by atoms with Crippen LogP contribution < -0.4 is 0 Å². The van der Waals surface area contributed by atoms with E-state index < -0.39 is 11.9 Å². The van der Waals surface area contributed by atoms with Crippen LogP contribution in [0.5, 0.6) is 0 Å². The number of hydrogen-bond acceptors (Lipinski definition) is 4. The minimum Gasteiger partial charge on any atom is -0.390 e. The quantitative estimate of drug-likeness (QED) is 0.766. The zero-order chi connectivity index (χ0) is 12.5. The Kier molecular flexibility index (Phi) is 3.88. The van der Waals surface area contributed by atoms with Crippen LogP contribution in [-0.4, -0.2) is 35.5 Å². The fourth-order valence-electron chi connectivity index (χ4n) is 2.34. The number of fused-ring (bicyclic) bond motifs is 1. The first-order valence-corrected chi connectivity index (χ1v) is 6.36. The van der Waals surface area contributed by atoms with Crippen molar-refractivity contribution in [2.24, 2.45) is 0 Å². The van der Waals surface area contributed by atoms with Crippen molar-refractivity contribution in [3.8, 4) is 0 Å². The van der Waals surface area contributed by atoms with E-state index in [1.54, 1.807) is 0 Å². The van der Waals surface area contributed by atoms with E-state index in [4.69, 9.17) is 14.2 Å². The highest BCUT2D eigenvalue weighted by atomic mass is 16.8. The van der Waals surface area contributed by atoms with Crippen LogP contribution in [0.25, 0.3) is 0 Å². The molecule has 2 aliphatic rings. The monoisotopic (exact) mass is 242 g/mol. The molecule has 4 nitrogen and oxygen atoms in total. The van der Waals surface area contributed by atoms with Crippen LogP contribution in [0.1, 0.15) is 40.0 Å². The van der Waals surface area contributed by atoms with Gasteiger partial charge in [0.15, 0.2) is 12.1 Å². The van der Waals surface area contributed by atoms with Crippen molar-refractivity contribution in [3.05, 3.63) is 12.2 Å². The van der Waals surface area contributed by atoms with Crippen molar-refractivity contribution in [2.75, 3.05) is 0 Å². The molecule has 0 aliphatic carbocycles. The van der Waals surface area contributed by atoms with Crippen molar-refractivity contribution in [3.63, 3.8) is 0 Å². The van der Waals surface area contributed by atoms with Crippen LogP contribution >= 0.6 is 0 Å². The Morgan fingerprint density at radius 1 is 1.35 bits per heavy atom. The van der Waals surface area contributed by atoms with Gasteiger partial charge in [-0.05, 0) is 26.7 Å². The summed E-state index contributed by atoms with van der Waals surface area (Å²) in [6.07, 6.45) is 5.35. The molecule has 0 bridgehead atoms. The van der Waals surface area contributed by atoms with Crippen LogP contribution in [-0.2, 0) is 14.2 Å². The largest absolute Gasteiger partial charge is 0.390 e. The molecule has 2 saturated heterocycles. The summed E-state index contributed by atoms with van der Waals surface area (Å²) < 4.78 is 17.0. The summed E-state index contributed by atoms with van der Waals surface area (Å²) in [5.41, 5.74) is 0. The Labute approximate surface area is 103 Å². The lowest BCUT2D eigenvalue weighted by atomic mass is 10.1. The van der Waals surface area contributed by atoms with E-state index in [2.05, 4.69) is 13.0 Å². The van der Waals surface area contributed by atoms with Gasteiger partial charge in [-0.1, -0.05) is 19.1 Å². The summed E-state index contributed by atoms with van der Waals surface area (Å²) in [6, 6.07) is 0. The third-order valence-electron chi connectivity index (χ3n) is 3.12. The summed E-state index contributed by atoms with van der Waals surface area (Å²) in [5.74, 6) is -0.562. The van der Waals surface area contributed by atoms with E-state index in [1.807, 2.05) is 19.9 Å². The molecule has 0 unspecified atom stereocenters. The Hall–Kier alpha value is -0.420. The molecule has 0 saturated carbocycles. The van der Waals surface area contributed by atoms with Crippen LogP contribution in [0.15, 0.2) is 12.2 Å². The van der Waals surface area contributed by atoms with E-state index in [1.165, 1.54) is 0 Å². The number of hydrogen-bond donors (Lipinski definition) is 1. The second-order valence-electron chi connectivity index (χ2n) is 5.14. The van der Waals surface area contributed by atoms with E-state index in [0.29, 0.717) is 12.8 Å². The first-order valence-electron chi connectivity index (χ1n) is 6.36. The van der Waals surface area contributed by atoms with Crippen molar-refractivity contribution in [1.29, 1.82) is 0 Å². The summed E-state index contributed by atoms with van der Waals surface area (Å²) in [6.45, 7) is 5.83. The number of aliphatic hydroxyl groups is 1. The van der Waals surface area contributed by atoms with Crippen molar-refractivity contribution < 1.29 is 19.3 Å². The van der Waals surface area contributed by atoms with Crippen LogP contribution in [0.2, 0.25) is 0 Å². The second kappa shape index (κ2) is 5.06. The lowest BCUT2D eigenvalue weighted by molar-refractivity contribution is -0.213. The van der Waals surface area contributed by atoms with Crippen molar-refractivity contribution >= 4 is 0 Å². The predicted octanol–water partition coefficient (Wildman–Crippen LogP) is 1.97. The Morgan fingerprint density at radius 2 is 2.12 bits per heavy atom. The lowest BCUT2D eigenvalue weighted by Crippen LogP contribution is -2.30. The Balaban J connectivity index is 1.82. The summed E-state index contributed by atoms with van der Waals surface area (Å²) in [5, 5.41) is 9.97. The predicted molar refractivity (Wildman–Crippen MR) is 63.4 cm³/mol. The SMILES string of the molecule is CC/C=C/C[C@H](O)[C@@H]1C[C@H]2OC(C)(C)O[C@H]2O1.